The zero-order valence-electron chi connectivity index (χ0n) is 9.78. The molecular formula is C15H12N2O. The summed E-state index contributed by atoms with van der Waals surface area (Å²) >= 11 is 0. The lowest BCUT2D eigenvalue weighted by Gasteiger charge is -2.08. The van der Waals surface area contributed by atoms with Crippen molar-refractivity contribution in [2.45, 2.75) is 6.54 Å². The third-order valence-corrected chi connectivity index (χ3v) is 3.07. The van der Waals surface area contributed by atoms with Crippen molar-refractivity contribution in [1.29, 1.82) is 0 Å². The lowest BCUT2D eigenvalue weighted by Crippen LogP contribution is -2.03. The van der Waals surface area contributed by atoms with E-state index in [1.807, 2.05) is 53.4 Å². The van der Waals surface area contributed by atoms with Crippen LogP contribution in [0.1, 0.15) is 16.1 Å². The molecule has 2 aromatic heterocycles. The van der Waals surface area contributed by atoms with E-state index in [0.717, 1.165) is 17.2 Å². The molecule has 0 unspecified atom stereocenters. The molecule has 3 heteroatoms. The molecule has 0 aliphatic rings. The van der Waals surface area contributed by atoms with Gasteiger partial charge in [-0.25, -0.2) is 0 Å². The Bertz CT molecular complexity index is 695. The van der Waals surface area contributed by atoms with Gasteiger partial charge in [0, 0.05) is 24.3 Å². The molecule has 88 valence electrons. The Labute approximate surface area is 105 Å². The van der Waals surface area contributed by atoms with E-state index in [4.69, 9.17) is 0 Å². The fraction of sp³-hybridized carbons (Fsp3) is 0.0667. The Morgan fingerprint density at radius 3 is 2.89 bits per heavy atom. The van der Waals surface area contributed by atoms with Gasteiger partial charge in [-0.2, -0.15) is 0 Å². The van der Waals surface area contributed by atoms with E-state index in [1.165, 1.54) is 5.56 Å². The summed E-state index contributed by atoms with van der Waals surface area (Å²) in [4.78, 5) is 15.2. The lowest BCUT2D eigenvalue weighted by molar-refractivity contribution is 0.111. The first kappa shape index (κ1) is 10.7. The number of para-hydroxylation sites is 1. The van der Waals surface area contributed by atoms with Crippen LogP contribution in [-0.4, -0.2) is 15.8 Å². The number of nitrogens with zero attached hydrogens (tertiary/aromatic N) is 2. The van der Waals surface area contributed by atoms with Gasteiger partial charge < -0.3 is 4.57 Å². The second-order valence-electron chi connectivity index (χ2n) is 4.17. The Kier molecular flexibility index (Phi) is 2.65. The van der Waals surface area contributed by atoms with Gasteiger partial charge in [-0.3, -0.25) is 9.78 Å². The summed E-state index contributed by atoms with van der Waals surface area (Å²) in [5.74, 6) is 0. The standard InChI is InChI=1S/C15H12N2O/c18-11-13-4-3-9-17(13)10-12-7-8-16-15-6-2-1-5-14(12)15/h1-9,11H,10H2. The molecule has 0 fully saturated rings. The molecule has 2 heterocycles. The summed E-state index contributed by atoms with van der Waals surface area (Å²) in [6.45, 7) is 0.685. The molecule has 0 bridgehead atoms. The van der Waals surface area contributed by atoms with Crippen molar-refractivity contribution in [3.8, 4) is 0 Å². The largest absolute Gasteiger partial charge is 0.341 e. The van der Waals surface area contributed by atoms with Crippen LogP contribution < -0.4 is 0 Å². The van der Waals surface area contributed by atoms with Crippen molar-refractivity contribution in [3.05, 3.63) is 66.1 Å². The minimum Gasteiger partial charge on any atom is -0.341 e. The van der Waals surface area contributed by atoms with E-state index in [-0.39, 0.29) is 0 Å². The number of carbonyl (C=O) groups excluding carboxylic acids is 1. The monoisotopic (exact) mass is 236 g/mol. The molecule has 3 rings (SSSR count). The summed E-state index contributed by atoms with van der Waals surface area (Å²) in [7, 11) is 0. The van der Waals surface area contributed by atoms with Gasteiger partial charge in [-0.1, -0.05) is 18.2 Å². The van der Waals surface area contributed by atoms with Crippen LogP contribution in [0.5, 0.6) is 0 Å². The van der Waals surface area contributed by atoms with E-state index in [9.17, 15) is 4.79 Å². The first-order chi connectivity index (χ1) is 8.88. The van der Waals surface area contributed by atoms with Gasteiger partial charge >= 0.3 is 0 Å². The van der Waals surface area contributed by atoms with Gasteiger partial charge in [0.1, 0.15) is 0 Å². The zero-order valence-corrected chi connectivity index (χ0v) is 9.78. The highest BCUT2D eigenvalue weighted by Crippen LogP contribution is 2.17. The number of benzene rings is 1. The van der Waals surface area contributed by atoms with E-state index < -0.39 is 0 Å². The van der Waals surface area contributed by atoms with Gasteiger partial charge in [0.2, 0.25) is 0 Å². The van der Waals surface area contributed by atoms with Gasteiger partial charge in [-0.05, 0) is 29.8 Å². The van der Waals surface area contributed by atoms with E-state index in [0.29, 0.717) is 12.2 Å². The van der Waals surface area contributed by atoms with Gasteiger partial charge in [0.15, 0.2) is 6.29 Å². The number of fused-ring (bicyclic) bond motifs is 1. The Morgan fingerprint density at radius 2 is 2.00 bits per heavy atom. The first-order valence-electron chi connectivity index (χ1n) is 5.81. The Hall–Kier alpha value is -2.42. The molecule has 0 saturated heterocycles. The average Bonchev–Trinajstić information content (AvgIpc) is 2.86. The summed E-state index contributed by atoms with van der Waals surface area (Å²) in [5, 5.41) is 1.13. The predicted octanol–water partition coefficient (Wildman–Crippen LogP) is 2.90. The molecule has 0 saturated carbocycles. The molecule has 3 nitrogen and oxygen atoms in total. The normalized spacial score (nSPS) is 10.7. The molecule has 0 amide bonds. The van der Waals surface area contributed by atoms with Crippen molar-refractivity contribution in [2.24, 2.45) is 0 Å². The van der Waals surface area contributed by atoms with Crippen LogP contribution in [-0.2, 0) is 6.54 Å². The summed E-state index contributed by atoms with van der Waals surface area (Å²) < 4.78 is 1.94. The minimum atomic E-state index is 0.685. The maximum absolute atomic E-state index is 10.9. The van der Waals surface area contributed by atoms with Crippen molar-refractivity contribution in [1.82, 2.24) is 9.55 Å². The van der Waals surface area contributed by atoms with Crippen molar-refractivity contribution < 1.29 is 4.79 Å². The second-order valence-corrected chi connectivity index (χ2v) is 4.17. The number of aromatic nitrogens is 2. The maximum atomic E-state index is 10.9. The molecule has 0 radical (unpaired) electrons. The topological polar surface area (TPSA) is 34.9 Å². The number of hydrogen-bond acceptors (Lipinski definition) is 2. The second kappa shape index (κ2) is 4.45. The average molecular weight is 236 g/mol. The highest BCUT2D eigenvalue weighted by Gasteiger charge is 2.04. The van der Waals surface area contributed by atoms with Gasteiger partial charge in [-0.15, -0.1) is 0 Å². The number of carbonyl (C=O) groups is 1. The molecule has 3 aromatic rings. The van der Waals surface area contributed by atoms with Crippen LogP contribution in [0.3, 0.4) is 0 Å². The molecule has 0 atom stereocenters. The van der Waals surface area contributed by atoms with Gasteiger partial charge in [0.25, 0.3) is 0 Å². The summed E-state index contributed by atoms with van der Waals surface area (Å²) in [6.07, 6.45) is 4.60. The minimum absolute atomic E-state index is 0.685. The van der Waals surface area contributed by atoms with Gasteiger partial charge in [0.05, 0.1) is 11.2 Å². The van der Waals surface area contributed by atoms with Crippen molar-refractivity contribution in [2.75, 3.05) is 0 Å². The highest BCUT2D eigenvalue weighted by molar-refractivity contribution is 5.82. The summed E-state index contributed by atoms with van der Waals surface area (Å²) in [6, 6.07) is 13.7. The lowest BCUT2D eigenvalue weighted by atomic mass is 10.1. The van der Waals surface area contributed by atoms with Crippen LogP contribution in [0.4, 0.5) is 0 Å². The maximum Gasteiger partial charge on any atom is 0.166 e. The van der Waals surface area contributed by atoms with Crippen molar-refractivity contribution >= 4 is 17.2 Å². The number of hydrogen-bond donors (Lipinski definition) is 0. The fourth-order valence-electron chi connectivity index (χ4n) is 2.15. The third kappa shape index (κ3) is 1.80. The third-order valence-electron chi connectivity index (χ3n) is 3.07. The first-order valence-corrected chi connectivity index (χ1v) is 5.81. The molecule has 0 aliphatic carbocycles. The number of aldehydes is 1. The smallest absolute Gasteiger partial charge is 0.166 e. The van der Waals surface area contributed by atoms with E-state index in [2.05, 4.69) is 11.1 Å². The molecule has 1 aromatic carbocycles. The quantitative estimate of drug-likeness (QED) is 0.655. The van der Waals surface area contributed by atoms with Crippen LogP contribution in [0.2, 0.25) is 0 Å². The van der Waals surface area contributed by atoms with Crippen LogP contribution in [0.15, 0.2) is 54.9 Å². The Morgan fingerprint density at radius 1 is 1.11 bits per heavy atom. The summed E-state index contributed by atoms with van der Waals surface area (Å²) in [5.41, 5.74) is 2.84. The zero-order chi connectivity index (χ0) is 12.4. The predicted molar refractivity (Wildman–Crippen MR) is 70.7 cm³/mol. The molecule has 0 N–H and O–H groups in total. The van der Waals surface area contributed by atoms with Crippen molar-refractivity contribution in [3.63, 3.8) is 0 Å². The Balaban J connectivity index is 2.07. The highest BCUT2D eigenvalue weighted by atomic mass is 16.1. The molecule has 18 heavy (non-hydrogen) atoms. The number of pyridine rings is 1. The molecular weight excluding hydrogens is 224 g/mol. The van der Waals surface area contributed by atoms with E-state index >= 15 is 0 Å². The fourth-order valence-corrected chi connectivity index (χ4v) is 2.15. The van der Waals surface area contributed by atoms with Crippen LogP contribution in [0.25, 0.3) is 10.9 Å². The van der Waals surface area contributed by atoms with E-state index in [1.54, 1.807) is 0 Å². The molecule has 0 aliphatic heterocycles. The number of rotatable bonds is 3. The van der Waals surface area contributed by atoms with Crippen LogP contribution in [0, 0.1) is 0 Å². The van der Waals surface area contributed by atoms with Crippen LogP contribution >= 0.6 is 0 Å². The molecule has 0 spiro atoms. The SMILES string of the molecule is O=Cc1cccn1Cc1ccnc2ccccc12.